The molecule has 1 unspecified atom stereocenters. The van der Waals surface area contributed by atoms with Crippen LogP contribution in [-0.4, -0.2) is 7.11 Å². The summed E-state index contributed by atoms with van der Waals surface area (Å²) < 4.78 is 6.07. The van der Waals surface area contributed by atoms with Crippen molar-refractivity contribution in [1.82, 2.24) is 0 Å². The van der Waals surface area contributed by atoms with Crippen molar-refractivity contribution in [3.8, 4) is 16.9 Å². The van der Waals surface area contributed by atoms with Gasteiger partial charge in [0.2, 0.25) is 0 Å². The Balaban J connectivity index is 1.70. The summed E-state index contributed by atoms with van der Waals surface area (Å²) in [5, 5.41) is 7.66. The largest absolute Gasteiger partial charge is 0.496 e. The predicted molar refractivity (Wildman–Crippen MR) is 138 cm³/mol. The second-order valence-corrected chi connectivity index (χ2v) is 8.84. The molecular weight excluding hydrogens is 400 g/mol. The van der Waals surface area contributed by atoms with Gasteiger partial charge in [-0.15, -0.1) is 0 Å². The van der Waals surface area contributed by atoms with Crippen LogP contribution < -0.4 is 4.74 Å². The first-order chi connectivity index (χ1) is 16.3. The van der Waals surface area contributed by atoms with Crippen molar-refractivity contribution in [2.75, 3.05) is 7.11 Å². The van der Waals surface area contributed by atoms with Gasteiger partial charge in [-0.3, -0.25) is 0 Å². The molecule has 0 saturated heterocycles. The first-order valence-electron chi connectivity index (χ1n) is 11.4. The molecule has 0 spiro atoms. The minimum atomic E-state index is 0.103. The Morgan fingerprint density at radius 2 is 1.18 bits per heavy atom. The predicted octanol–water partition coefficient (Wildman–Crippen LogP) is 8.32. The maximum absolute atomic E-state index is 6.07. The van der Waals surface area contributed by atoms with E-state index < -0.39 is 0 Å². The van der Waals surface area contributed by atoms with E-state index in [2.05, 4.69) is 109 Å². The molecule has 0 radical (unpaired) electrons. The van der Waals surface area contributed by atoms with Gasteiger partial charge in [0, 0.05) is 11.5 Å². The van der Waals surface area contributed by atoms with Crippen LogP contribution in [0.3, 0.4) is 0 Å². The molecule has 1 aliphatic rings. The van der Waals surface area contributed by atoms with Gasteiger partial charge < -0.3 is 4.74 Å². The second-order valence-electron chi connectivity index (χ2n) is 8.84. The minimum Gasteiger partial charge on any atom is -0.496 e. The number of hydrogen-bond acceptors (Lipinski definition) is 1. The van der Waals surface area contributed by atoms with E-state index >= 15 is 0 Å². The van der Waals surface area contributed by atoms with Gasteiger partial charge in [-0.1, -0.05) is 103 Å². The summed E-state index contributed by atoms with van der Waals surface area (Å²) in [6, 6.07) is 39.6. The molecule has 6 aromatic rings. The van der Waals surface area contributed by atoms with Crippen LogP contribution in [0.5, 0.6) is 5.75 Å². The quantitative estimate of drug-likeness (QED) is 0.272. The molecule has 0 N–H and O–H groups in total. The Morgan fingerprint density at radius 1 is 0.545 bits per heavy atom. The third-order valence-corrected chi connectivity index (χ3v) is 7.22. The summed E-state index contributed by atoms with van der Waals surface area (Å²) in [4.78, 5) is 0. The van der Waals surface area contributed by atoms with Crippen molar-refractivity contribution in [1.29, 1.82) is 0 Å². The second kappa shape index (κ2) is 6.95. The molecule has 6 aromatic carbocycles. The van der Waals surface area contributed by atoms with Crippen LogP contribution in [0.2, 0.25) is 0 Å². The Bertz CT molecular complexity index is 1700. The molecule has 0 saturated carbocycles. The highest BCUT2D eigenvalue weighted by atomic mass is 16.5. The Labute approximate surface area is 192 Å². The average Bonchev–Trinajstić information content (AvgIpc) is 3.24. The molecule has 0 amide bonds. The van der Waals surface area contributed by atoms with Gasteiger partial charge in [0.25, 0.3) is 0 Å². The van der Waals surface area contributed by atoms with Crippen molar-refractivity contribution < 1.29 is 4.74 Å². The van der Waals surface area contributed by atoms with Crippen molar-refractivity contribution >= 4 is 32.3 Å². The van der Waals surface area contributed by atoms with Crippen LogP contribution in [0.25, 0.3) is 43.4 Å². The number of rotatable bonds is 2. The summed E-state index contributed by atoms with van der Waals surface area (Å²) in [5.41, 5.74) is 6.62. The molecule has 0 fully saturated rings. The molecule has 156 valence electrons. The van der Waals surface area contributed by atoms with Crippen molar-refractivity contribution in [3.63, 3.8) is 0 Å². The minimum absolute atomic E-state index is 0.103. The molecule has 1 heteroatoms. The van der Waals surface area contributed by atoms with E-state index in [4.69, 9.17) is 4.74 Å². The molecule has 7 rings (SSSR count). The standard InChI is InChI=1S/C32H22O/c1-33-28-19-22-11-4-7-15-25(22)30-27-18-17-21-10-3-6-14-24(21)29(27)31(32(28)30)26-16-8-12-20-9-2-5-13-23(20)26/h2-19,31H,1H3. The molecule has 0 bridgehead atoms. The number of fused-ring (bicyclic) bond motifs is 8. The number of benzene rings is 6. The molecule has 0 heterocycles. The van der Waals surface area contributed by atoms with Gasteiger partial charge in [-0.05, 0) is 60.6 Å². The fraction of sp³-hybridized carbons (Fsp3) is 0.0625. The van der Waals surface area contributed by atoms with E-state index in [-0.39, 0.29) is 5.92 Å². The number of hydrogen-bond donors (Lipinski definition) is 0. The third-order valence-electron chi connectivity index (χ3n) is 7.22. The van der Waals surface area contributed by atoms with Crippen LogP contribution in [0.1, 0.15) is 22.6 Å². The Morgan fingerprint density at radius 3 is 1.97 bits per heavy atom. The first-order valence-corrected chi connectivity index (χ1v) is 11.4. The molecule has 0 aromatic heterocycles. The average molecular weight is 423 g/mol. The lowest BCUT2D eigenvalue weighted by Crippen LogP contribution is -2.03. The van der Waals surface area contributed by atoms with Crippen molar-refractivity contribution in [2.24, 2.45) is 0 Å². The van der Waals surface area contributed by atoms with Gasteiger partial charge in [0.15, 0.2) is 0 Å². The summed E-state index contributed by atoms with van der Waals surface area (Å²) >= 11 is 0. The van der Waals surface area contributed by atoms with Crippen LogP contribution in [0, 0.1) is 0 Å². The topological polar surface area (TPSA) is 9.23 Å². The molecule has 1 atom stereocenters. The van der Waals surface area contributed by atoms with E-state index in [0.717, 1.165) is 5.75 Å². The molecule has 1 nitrogen and oxygen atoms in total. The van der Waals surface area contributed by atoms with E-state index in [1.54, 1.807) is 7.11 Å². The molecular formula is C32H22O. The molecule has 0 aliphatic heterocycles. The summed E-state index contributed by atoms with van der Waals surface area (Å²) in [7, 11) is 1.80. The molecule has 1 aliphatic carbocycles. The Kier molecular flexibility index (Phi) is 3.89. The zero-order valence-corrected chi connectivity index (χ0v) is 18.4. The summed E-state index contributed by atoms with van der Waals surface area (Å²) in [6.45, 7) is 0. The van der Waals surface area contributed by atoms with E-state index in [1.165, 1.54) is 60.1 Å². The number of methoxy groups -OCH3 is 1. The van der Waals surface area contributed by atoms with Crippen LogP contribution in [-0.2, 0) is 0 Å². The SMILES string of the molecule is COc1cc2ccccc2c2c1C(c1cccc3ccccc13)c1c-2ccc2ccccc12. The number of ether oxygens (including phenoxy) is 1. The van der Waals surface area contributed by atoms with Gasteiger partial charge in [-0.25, -0.2) is 0 Å². The van der Waals surface area contributed by atoms with E-state index in [0.29, 0.717) is 0 Å². The lowest BCUT2D eigenvalue weighted by Gasteiger charge is -2.21. The smallest absolute Gasteiger partial charge is 0.124 e. The van der Waals surface area contributed by atoms with Gasteiger partial charge >= 0.3 is 0 Å². The van der Waals surface area contributed by atoms with Gasteiger partial charge in [0.05, 0.1) is 7.11 Å². The van der Waals surface area contributed by atoms with Gasteiger partial charge in [0.1, 0.15) is 5.75 Å². The Hall–Kier alpha value is -4.10. The van der Waals surface area contributed by atoms with Crippen LogP contribution in [0.4, 0.5) is 0 Å². The summed E-state index contributed by atoms with van der Waals surface area (Å²) in [6.07, 6.45) is 0. The third kappa shape index (κ3) is 2.54. The zero-order valence-electron chi connectivity index (χ0n) is 18.4. The van der Waals surface area contributed by atoms with Gasteiger partial charge in [-0.2, -0.15) is 0 Å². The normalized spacial score (nSPS) is 14.5. The maximum atomic E-state index is 6.07. The highest BCUT2D eigenvalue weighted by Gasteiger charge is 2.36. The summed E-state index contributed by atoms with van der Waals surface area (Å²) in [5.74, 6) is 1.06. The molecule has 33 heavy (non-hydrogen) atoms. The van der Waals surface area contributed by atoms with Crippen LogP contribution in [0.15, 0.2) is 109 Å². The lowest BCUT2D eigenvalue weighted by atomic mass is 9.83. The van der Waals surface area contributed by atoms with Crippen LogP contribution >= 0.6 is 0 Å². The zero-order chi connectivity index (χ0) is 21.9. The lowest BCUT2D eigenvalue weighted by molar-refractivity contribution is 0.410. The van der Waals surface area contributed by atoms with E-state index in [9.17, 15) is 0 Å². The van der Waals surface area contributed by atoms with Crippen molar-refractivity contribution in [3.05, 3.63) is 126 Å². The fourth-order valence-corrected chi connectivity index (χ4v) is 5.87. The maximum Gasteiger partial charge on any atom is 0.124 e. The highest BCUT2D eigenvalue weighted by Crippen LogP contribution is 2.56. The first kappa shape index (κ1) is 18.5. The monoisotopic (exact) mass is 422 g/mol. The van der Waals surface area contributed by atoms with Crippen molar-refractivity contribution in [2.45, 2.75) is 5.92 Å². The highest BCUT2D eigenvalue weighted by molar-refractivity contribution is 6.08. The van der Waals surface area contributed by atoms with E-state index in [1.807, 2.05) is 0 Å². The fourth-order valence-electron chi connectivity index (χ4n) is 5.87.